The zero-order valence-electron chi connectivity index (χ0n) is 15.1. The molecule has 4 nitrogen and oxygen atoms in total. The monoisotopic (exact) mass is 354 g/mol. The zero-order valence-corrected chi connectivity index (χ0v) is 15.1. The molecule has 2 rings (SSSR count). The molecule has 26 heavy (non-hydrogen) atoms. The lowest BCUT2D eigenvalue weighted by Gasteiger charge is -2.14. The Bertz CT molecular complexity index is 735. The summed E-state index contributed by atoms with van der Waals surface area (Å²) in [7, 11) is 0. The van der Waals surface area contributed by atoms with E-state index in [1.165, 1.54) is 5.56 Å². The van der Waals surface area contributed by atoms with Crippen molar-refractivity contribution in [1.29, 1.82) is 0 Å². The minimum Gasteiger partial charge on any atom is -0.493 e. The third-order valence-electron chi connectivity index (χ3n) is 4.24. The van der Waals surface area contributed by atoms with Crippen molar-refractivity contribution in [2.45, 2.75) is 32.6 Å². The lowest BCUT2D eigenvalue weighted by atomic mass is 9.98. The van der Waals surface area contributed by atoms with E-state index < -0.39 is 5.97 Å². The van der Waals surface area contributed by atoms with Crippen LogP contribution in [-0.4, -0.2) is 29.4 Å². The molecule has 2 N–H and O–H groups in total. The maximum Gasteiger partial charge on any atom is 0.336 e. The molecule has 0 saturated heterocycles. The summed E-state index contributed by atoms with van der Waals surface area (Å²) in [5.41, 5.74) is 2.72. The first kappa shape index (κ1) is 19.7. The summed E-state index contributed by atoms with van der Waals surface area (Å²) in [5, 5.41) is 18.7. The van der Waals surface area contributed by atoms with Crippen molar-refractivity contribution >= 4 is 11.5 Å². The van der Waals surface area contributed by atoms with Gasteiger partial charge in [-0.05, 0) is 44.2 Å². The van der Waals surface area contributed by atoms with Gasteiger partial charge in [0.05, 0.1) is 12.2 Å². The Morgan fingerprint density at radius 2 is 1.69 bits per heavy atom. The number of aliphatic hydroxyl groups excluding tert-OH is 1. The van der Waals surface area contributed by atoms with Gasteiger partial charge in [0.1, 0.15) is 5.75 Å². The quantitative estimate of drug-likeness (QED) is 0.492. The molecule has 0 aliphatic heterocycles. The van der Waals surface area contributed by atoms with Gasteiger partial charge in [-0.3, -0.25) is 0 Å². The van der Waals surface area contributed by atoms with Crippen LogP contribution in [0.25, 0.3) is 5.57 Å². The average molecular weight is 354 g/mol. The number of aryl methyl sites for hydroxylation is 1. The topological polar surface area (TPSA) is 66.8 Å². The van der Waals surface area contributed by atoms with Crippen molar-refractivity contribution < 1.29 is 19.7 Å². The maximum absolute atomic E-state index is 11.7. The van der Waals surface area contributed by atoms with Gasteiger partial charge in [-0.15, -0.1) is 0 Å². The van der Waals surface area contributed by atoms with Crippen molar-refractivity contribution in [3.05, 3.63) is 71.3 Å². The number of rotatable bonds is 10. The van der Waals surface area contributed by atoms with Gasteiger partial charge in [-0.25, -0.2) is 4.79 Å². The van der Waals surface area contributed by atoms with Crippen molar-refractivity contribution in [1.82, 2.24) is 0 Å². The molecular formula is C22H26O4. The fourth-order valence-corrected chi connectivity index (χ4v) is 2.88. The molecule has 0 heterocycles. The van der Waals surface area contributed by atoms with Crippen LogP contribution in [0.3, 0.4) is 0 Å². The van der Waals surface area contributed by atoms with Crippen LogP contribution in [-0.2, 0) is 11.2 Å². The van der Waals surface area contributed by atoms with Gasteiger partial charge in [-0.1, -0.05) is 54.1 Å². The molecule has 0 bridgehead atoms. The third-order valence-corrected chi connectivity index (χ3v) is 4.24. The number of carboxylic acids is 1. The first-order valence-electron chi connectivity index (χ1n) is 8.93. The van der Waals surface area contributed by atoms with Crippen LogP contribution in [0, 0.1) is 0 Å². The highest BCUT2D eigenvalue weighted by molar-refractivity contribution is 6.17. The van der Waals surface area contributed by atoms with Gasteiger partial charge < -0.3 is 14.9 Å². The molecule has 0 unspecified atom stereocenters. The SMILES string of the molecule is CC(CCO)=C(C(=O)O)c1ccccc1OCCCCc1ccccc1. The largest absolute Gasteiger partial charge is 0.493 e. The Kier molecular flexibility index (Phi) is 7.90. The third kappa shape index (κ3) is 5.74. The summed E-state index contributed by atoms with van der Waals surface area (Å²) in [5.74, 6) is -0.432. The van der Waals surface area contributed by atoms with Gasteiger partial charge in [-0.2, -0.15) is 0 Å². The standard InChI is InChI=1S/C22H26O4/c1-17(14-15-23)21(22(24)25)19-12-5-6-13-20(19)26-16-8-7-11-18-9-3-2-4-10-18/h2-6,9-10,12-13,23H,7-8,11,14-16H2,1H3,(H,24,25). The number of hydrogen-bond donors (Lipinski definition) is 2. The van der Waals surface area contributed by atoms with Crippen LogP contribution in [0.1, 0.15) is 37.3 Å². The highest BCUT2D eigenvalue weighted by Gasteiger charge is 2.18. The molecule has 0 atom stereocenters. The van der Waals surface area contributed by atoms with E-state index in [4.69, 9.17) is 9.84 Å². The number of ether oxygens (including phenoxy) is 1. The van der Waals surface area contributed by atoms with E-state index in [0.717, 1.165) is 19.3 Å². The number of carboxylic acid groups (broad SMARTS) is 1. The molecule has 0 spiro atoms. The molecule has 0 aliphatic rings. The first-order chi connectivity index (χ1) is 12.6. The molecule has 0 fully saturated rings. The van der Waals surface area contributed by atoms with Crippen LogP contribution in [0.15, 0.2) is 60.2 Å². The van der Waals surface area contributed by atoms with E-state index in [-0.39, 0.29) is 12.2 Å². The summed E-state index contributed by atoms with van der Waals surface area (Å²) in [6.07, 6.45) is 3.23. The fraction of sp³-hybridized carbons (Fsp3) is 0.318. The number of aliphatic hydroxyl groups is 1. The predicted molar refractivity (Wildman–Crippen MR) is 103 cm³/mol. The van der Waals surface area contributed by atoms with E-state index in [2.05, 4.69) is 12.1 Å². The molecule has 0 amide bonds. The summed E-state index contributed by atoms with van der Waals surface area (Å²) < 4.78 is 5.87. The molecule has 4 heteroatoms. The summed E-state index contributed by atoms with van der Waals surface area (Å²) >= 11 is 0. The van der Waals surface area contributed by atoms with Gasteiger partial charge in [0, 0.05) is 12.2 Å². The molecule has 0 aromatic heterocycles. The van der Waals surface area contributed by atoms with E-state index >= 15 is 0 Å². The van der Waals surface area contributed by atoms with E-state index in [0.29, 0.717) is 29.9 Å². The normalized spacial score (nSPS) is 11.8. The van der Waals surface area contributed by atoms with Crippen LogP contribution >= 0.6 is 0 Å². The molecule has 0 aliphatic carbocycles. The highest BCUT2D eigenvalue weighted by Crippen LogP contribution is 2.29. The van der Waals surface area contributed by atoms with Crippen molar-refractivity contribution in [3.8, 4) is 5.75 Å². The van der Waals surface area contributed by atoms with Crippen molar-refractivity contribution in [2.75, 3.05) is 13.2 Å². The second-order valence-electron chi connectivity index (χ2n) is 6.22. The number of aliphatic carboxylic acids is 1. The number of hydrogen-bond acceptors (Lipinski definition) is 3. The Morgan fingerprint density at radius 3 is 2.38 bits per heavy atom. The van der Waals surface area contributed by atoms with E-state index in [1.807, 2.05) is 24.3 Å². The molecule has 0 radical (unpaired) electrons. The van der Waals surface area contributed by atoms with Crippen LogP contribution in [0.2, 0.25) is 0 Å². The van der Waals surface area contributed by atoms with Crippen LogP contribution in [0.4, 0.5) is 0 Å². The lowest BCUT2D eigenvalue weighted by molar-refractivity contribution is -0.130. The van der Waals surface area contributed by atoms with Crippen molar-refractivity contribution in [3.63, 3.8) is 0 Å². The molecule has 2 aromatic rings. The number of carbonyl (C=O) groups is 1. The second kappa shape index (κ2) is 10.4. The Morgan fingerprint density at radius 1 is 1.00 bits per heavy atom. The summed E-state index contributed by atoms with van der Waals surface area (Å²) in [6.45, 7) is 2.19. The van der Waals surface area contributed by atoms with Crippen LogP contribution < -0.4 is 4.74 Å². The minimum absolute atomic E-state index is 0.0783. The van der Waals surface area contributed by atoms with E-state index in [9.17, 15) is 9.90 Å². The van der Waals surface area contributed by atoms with E-state index in [1.54, 1.807) is 25.1 Å². The molecule has 0 saturated carbocycles. The Labute approximate surface area is 154 Å². The molecular weight excluding hydrogens is 328 g/mol. The van der Waals surface area contributed by atoms with Crippen molar-refractivity contribution in [2.24, 2.45) is 0 Å². The predicted octanol–water partition coefficient (Wildman–Crippen LogP) is 4.33. The average Bonchev–Trinajstić information content (AvgIpc) is 2.63. The highest BCUT2D eigenvalue weighted by atomic mass is 16.5. The lowest BCUT2D eigenvalue weighted by Crippen LogP contribution is -2.07. The van der Waals surface area contributed by atoms with Gasteiger partial charge in [0.15, 0.2) is 0 Å². The van der Waals surface area contributed by atoms with Gasteiger partial charge in [0.25, 0.3) is 0 Å². The molecule has 138 valence electrons. The Hall–Kier alpha value is -2.59. The van der Waals surface area contributed by atoms with Crippen LogP contribution in [0.5, 0.6) is 5.75 Å². The Balaban J connectivity index is 2.00. The molecule has 2 aromatic carbocycles. The van der Waals surface area contributed by atoms with Gasteiger partial charge >= 0.3 is 5.97 Å². The minimum atomic E-state index is -1.00. The fourth-order valence-electron chi connectivity index (χ4n) is 2.88. The van der Waals surface area contributed by atoms with Gasteiger partial charge in [0.2, 0.25) is 0 Å². The summed E-state index contributed by atoms with van der Waals surface area (Å²) in [6, 6.07) is 17.5. The number of para-hydroxylation sites is 1. The number of unbranched alkanes of at least 4 members (excludes halogenated alkanes) is 1. The number of benzene rings is 2. The summed E-state index contributed by atoms with van der Waals surface area (Å²) in [4.78, 5) is 11.7. The zero-order chi connectivity index (χ0) is 18.8. The smallest absolute Gasteiger partial charge is 0.336 e. The second-order valence-corrected chi connectivity index (χ2v) is 6.22. The first-order valence-corrected chi connectivity index (χ1v) is 8.93. The maximum atomic E-state index is 11.7.